The fraction of sp³-hybridized carbons (Fsp3) is 0.222. The third kappa shape index (κ3) is 3.83. The van der Waals surface area contributed by atoms with Crippen molar-refractivity contribution in [3.8, 4) is 11.5 Å². The highest BCUT2D eigenvalue weighted by Crippen LogP contribution is 2.32. The SMILES string of the molecule is O=C(Cc1ccc2c(c1)OCO2)N[C@@H](Cc1ccsc1)c1nccs1. The molecule has 0 unspecified atom stereocenters. The van der Waals surface area contributed by atoms with Crippen molar-refractivity contribution in [2.75, 3.05) is 6.79 Å². The van der Waals surface area contributed by atoms with Crippen molar-refractivity contribution in [2.45, 2.75) is 18.9 Å². The Bertz CT molecular complexity index is 847. The maximum absolute atomic E-state index is 12.5. The van der Waals surface area contributed by atoms with E-state index in [1.54, 1.807) is 28.9 Å². The van der Waals surface area contributed by atoms with Crippen molar-refractivity contribution in [3.05, 3.63) is 62.7 Å². The van der Waals surface area contributed by atoms with Crippen molar-refractivity contribution in [3.63, 3.8) is 0 Å². The molecule has 5 nitrogen and oxygen atoms in total. The van der Waals surface area contributed by atoms with Crippen LogP contribution in [-0.4, -0.2) is 17.7 Å². The van der Waals surface area contributed by atoms with Gasteiger partial charge in [-0.05, 0) is 40.1 Å². The highest BCUT2D eigenvalue weighted by Gasteiger charge is 2.19. The Hall–Kier alpha value is -2.38. The summed E-state index contributed by atoms with van der Waals surface area (Å²) in [5.41, 5.74) is 2.10. The number of nitrogens with zero attached hydrogens (tertiary/aromatic N) is 1. The Labute approximate surface area is 153 Å². The van der Waals surface area contributed by atoms with E-state index in [1.165, 1.54) is 5.56 Å². The predicted molar refractivity (Wildman–Crippen MR) is 97.3 cm³/mol. The van der Waals surface area contributed by atoms with Crippen LogP contribution < -0.4 is 14.8 Å². The van der Waals surface area contributed by atoms with Gasteiger partial charge in [-0.25, -0.2) is 4.98 Å². The summed E-state index contributed by atoms with van der Waals surface area (Å²) in [4.78, 5) is 16.9. The molecule has 0 fully saturated rings. The lowest BCUT2D eigenvalue weighted by Gasteiger charge is -2.16. The van der Waals surface area contributed by atoms with Crippen LogP contribution in [0.1, 0.15) is 22.2 Å². The van der Waals surface area contributed by atoms with Gasteiger partial charge in [0, 0.05) is 18.0 Å². The number of ether oxygens (including phenoxy) is 2. The summed E-state index contributed by atoms with van der Waals surface area (Å²) in [5.74, 6) is 1.39. The summed E-state index contributed by atoms with van der Waals surface area (Å²) in [6, 6.07) is 7.56. The van der Waals surface area contributed by atoms with E-state index in [0.717, 1.165) is 22.7 Å². The largest absolute Gasteiger partial charge is 0.454 e. The van der Waals surface area contributed by atoms with Crippen molar-refractivity contribution in [1.82, 2.24) is 10.3 Å². The van der Waals surface area contributed by atoms with Gasteiger partial charge in [0.25, 0.3) is 0 Å². The Kier molecular flexibility index (Phi) is 4.67. The second-order valence-corrected chi connectivity index (χ2v) is 7.40. The molecule has 1 aliphatic rings. The van der Waals surface area contributed by atoms with Gasteiger partial charge in [-0.1, -0.05) is 6.07 Å². The Morgan fingerprint density at radius 3 is 2.92 bits per heavy atom. The van der Waals surface area contributed by atoms with Gasteiger partial charge >= 0.3 is 0 Å². The third-order valence-electron chi connectivity index (χ3n) is 3.91. The summed E-state index contributed by atoms with van der Waals surface area (Å²) in [7, 11) is 0. The average Bonchev–Trinajstić information content (AvgIpc) is 3.36. The number of thiophene rings is 1. The van der Waals surface area contributed by atoms with Gasteiger partial charge in [-0.15, -0.1) is 11.3 Å². The van der Waals surface area contributed by atoms with Crippen LogP contribution in [0, 0.1) is 0 Å². The maximum Gasteiger partial charge on any atom is 0.231 e. The van der Waals surface area contributed by atoms with E-state index in [-0.39, 0.29) is 18.7 Å². The van der Waals surface area contributed by atoms with E-state index in [0.29, 0.717) is 12.2 Å². The lowest BCUT2D eigenvalue weighted by molar-refractivity contribution is -0.121. The van der Waals surface area contributed by atoms with Gasteiger partial charge in [0.2, 0.25) is 12.7 Å². The minimum atomic E-state index is -0.115. The molecule has 4 rings (SSSR count). The van der Waals surface area contributed by atoms with Crippen molar-refractivity contribution in [2.24, 2.45) is 0 Å². The zero-order valence-corrected chi connectivity index (χ0v) is 14.9. The number of nitrogens with one attached hydrogen (secondary N) is 1. The zero-order valence-electron chi connectivity index (χ0n) is 13.3. The second kappa shape index (κ2) is 7.25. The summed E-state index contributed by atoms with van der Waals surface area (Å²) in [6.07, 6.45) is 2.80. The summed E-state index contributed by atoms with van der Waals surface area (Å²) in [6.45, 7) is 0.234. The van der Waals surface area contributed by atoms with Gasteiger partial charge in [0.1, 0.15) is 5.01 Å². The van der Waals surface area contributed by atoms with E-state index in [4.69, 9.17) is 9.47 Å². The molecular weight excluding hydrogens is 356 g/mol. The zero-order chi connectivity index (χ0) is 17.1. The number of thiazole rings is 1. The topological polar surface area (TPSA) is 60.5 Å². The van der Waals surface area contributed by atoms with Crippen molar-refractivity contribution >= 4 is 28.6 Å². The third-order valence-corrected chi connectivity index (χ3v) is 5.53. The summed E-state index contributed by atoms with van der Waals surface area (Å²) >= 11 is 3.21. The molecule has 1 N–H and O–H groups in total. The number of hydrogen-bond donors (Lipinski definition) is 1. The molecule has 0 saturated heterocycles. The van der Waals surface area contributed by atoms with E-state index in [9.17, 15) is 4.79 Å². The second-order valence-electron chi connectivity index (χ2n) is 5.69. The first-order valence-electron chi connectivity index (χ1n) is 7.86. The van der Waals surface area contributed by atoms with Gasteiger partial charge in [-0.2, -0.15) is 11.3 Å². The minimum Gasteiger partial charge on any atom is -0.454 e. The number of rotatable bonds is 6. The monoisotopic (exact) mass is 372 g/mol. The highest BCUT2D eigenvalue weighted by molar-refractivity contribution is 7.09. The molecule has 0 spiro atoms. The standard InChI is InChI=1S/C18H16N2O3S2/c21-17(9-12-1-2-15-16(8-12)23-11-22-15)20-14(18-19-4-6-25-18)7-13-3-5-24-10-13/h1-6,8,10,14H,7,9,11H2,(H,20,21)/t14-/m0/s1. The molecule has 128 valence electrons. The molecular formula is C18H16N2O3S2. The molecule has 3 aromatic rings. The predicted octanol–water partition coefficient (Wildman–Crippen LogP) is 3.58. The molecule has 2 aromatic heterocycles. The number of carbonyl (C=O) groups is 1. The number of amides is 1. The molecule has 0 bridgehead atoms. The number of carbonyl (C=O) groups excluding carboxylic acids is 1. The number of benzene rings is 1. The molecule has 1 aliphatic heterocycles. The van der Waals surface area contributed by atoms with Crippen LogP contribution in [0.4, 0.5) is 0 Å². The quantitative estimate of drug-likeness (QED) is 0.718. The molecule has 0 aliphatic carbocycles. The molecule has 0 saturated carbocycles. The van der Waals surface area contributed by atoms with Crippen molar-refractivity contribution in [1.29, 1.82) is 0 Å². The lowest BCUT2D eigenvalue weighted by atomic mass is 10.1. The van der Waals surface area contributed by atoms with E-state index in [2.05, 4.69) is 21.7 Å². The van der Waals surface area contributed by atoms with E-state index in [1.807, 2.05) is 29.0 Å². The van der Waals surface area contributed by atoms with Crippen LogP contribution in [0.3, 0.4) is 0 Å². The first-order chi connectivity index (χ1) is 12.3. The van der Waals surface area contributed by atoms with Crippen LogP contribution >= 0.6 is 22.7 Å². The lowest BCUT2D eigenvalue weighted by Crippen LogP contribution is -2.31. The average molecular weight is 372 g/mol. The molecule has 7 heteroatoms. The van der Waals surface area contributed by atoms with Gasteiger partial charge < -0.3 is 14.8 Å². The minimum absolute atomic E-state index is 0.0331. The van der Waals surface area contributed by atoms with E-state index < -0.39 is 0 Å². The summed E-state index contributed by atoms with van der Waals surface area (Å²) < 4.78 is 10.7. The Balaban J connectivity index is 1.45. The number of fused-ring (bicyclic) bond motifs is 1. The Morgan fingerprint density at radius 2 is 2.12 bits per heavy atom. The number of hydrogen-bond acceptors (Lipinski definition) is 6. The van der Waals surface area contributed by atoms with Crippen LogP contribution in [0.5, 0.6) is 11.5 Å². The van der Waals surface area contributed by atoms with Crippen LogP contribution in [0.15, 0.2) is 46.6 Å². The smallest absolute Gasteiger partial charge is 0.231 e. The molecule has 1 aromatic carbocycles. The molecule has 25 heavy (non-hydrogen) atoms. The Morgan fingerprint density at radius 1 is 1.20 bits per heavy atom. The van der Waals surface area contributed by atoms with Crippen LogP contribution in [-0.2, 0) is 17.6 Å². The fourth-order valence-electron chi connectivity index (χ4n) is 2.73. The fourth-order valence-corrected chi connectivity index (χ4v) is 4.10. The normalized spacial score (nSPS) is 13.6. The first-order valence-corrected chi connectivity index (χ1v) is 9.68. The van der Waals surface area contributed by atoms with Crippen LogP contribution in [0.2, 0.25) is 0 Å². The van der Waals surface area contributed by atoms with E-state index >= 15 is 0 Å². The molecule has 1 amide bonds. The molecule has 3 heterocycles. The van der Waals surface area contributed by atoms with Crippen LogP contribution in [0.25, 0.3) is 0 Å². The summed E-state index contributed by atoms with van der Waals surface area (Å²) in [5, 5.41) is 10.1. The van der Waals surface area contributed by atoms with Gasteiger partial charge in [-0.3, -0.25) is 4.79 Å². The number of aromatic nitrogens is 1. The molecule has 1 atom stereocenters. The maximum atomic E-state index is 12.5. The molecule has 0 radical (unpaired) electrons. The first kappa shape index (κ1) is 16.1. The van der Waals surface area contributed by atoms with Gasteiger partial charge in [0.05, 0.1) is 12.5 Å². The van der Waals surface area contributed by atoms with Gasteiger partial charge in [0.15, 0.2) is 11.5 Å². The van der Waals surface area contributed by atoms with Crippen molar-refractivity contribution < 1.29 is 14.3 Å². The highest BCUT2D eigenvalue weighted by atomic mass is 32.1.